The zero-order valence-corrected chi connectivity index (χ0v) is 8.95. The van der Waals surface area contributed by atoms with Crippen LogP contribution in [-0.4, -0.2) is 6.54 Å². The number of nitrogens with one attached hydrogen (secondary N) is 1. The molecule has 0 radical (unpaired) electrons. The highest BCUT2D eigenvalue weighted by Crippen LogP contribution is 2.26. The summed E-state index contributed by atoms with van der Waals surface area (Å²) in [7, 11) is 0. The Balaban J connectivity index is 0.000000605. The predicted octanol–water partition coefficient (Wildman–Crippen LogP) is 1.82. The summed E-state index contributed by atoms with van der Waals surface area (Å²) in [6.07, 6.45) is 1.15. The Morgan fingerprint density at radius 3 is 2.83 bits per heavy atom. The molecule has 0 amide bonds. The van der Waals surface area contributed by atoms with Gasteiger partial charge in [0.1, 0.15) is 0 Å². The van der Waals surface area contributed by atoms with Gasteiger partial charge >= 0.3 is 0 Å². The summed E-state index contributed by atoms with van der Waals surface area (Å²) in [4.78, 5) is 1.47. The zero-order chi connectivity index (χ0) is 6.97. The predicted molar refractivity (Wildman–Crippen MR) is 58.6 cm³/mol. The van der Waals surface area contributed by atoms with Crippen LogP contribution in [0.3, 0.4) is 0 Å². The largest absolute Gasteiger partial charge is 0.391 e. The van der Waals surface area contributed by atoms with E-state index >= 15 is 0 Å². The highest BCUT2D eigenvalue weighted by molar-refractivity contribution is 7.16. The van der Waals surface area contributed by atoms with Gasteiger partial charge in [0.05, 0.1) is 5.00 Å². The van der Waals surface area contributed by atoms with Gasteiger partial charge < -0.3 is 11.1 Å². The molecule has 3 N–H and O–H groups in total. The summed E-state index contributed by atoms with van der Waals surface area (Å²) in [5.41, 5.74) is 7.05. The summed E-state index contributed by atoms with van der Waals surface area (Å²) in [5.74, 6) is 0. The van der Waals surface area contributed by atoms with Crippen molar-refractivity contribution in [3.05, 3.63) is 16.5 Å². The molecule has 1 aromatic heterocycles. The second-order valence-electron chi connectivity index (χ2n) is 2.52. The van der Waals surface area contributed by atoms with Crippen molar-refractivity contribution in [2.24, 2.45) is 0 Å². The lowest BCUT2D eigenvalue weighted by Crippen LogP contribution is -2.21. The van der Waals surface area contributed by atoms with Crippen molar-refractivity contribution in [2.75, 3.05) is 12.3 Å². The molecule has 0 fully saturated rings. The zero-order valence-electron chi connectivity index (χ0n) is 6.50. The van der Waals surface area contributed by atoms with Crippen LogP contribution in [0.4, 0.5) is 5.00 Å². The monoisotopic (exact) mass is 226 g/mol. The van der Waals surface area contributed by atoms with Crippen molar-refractivity contribution in [3.63, 3.8) is 0 Å². The van der Waals surface area contributed by atoms with Crippen LogP contribution in [0.2, 0.25) is 0 Å². The third-order valence-corrected chi connectivity index (χ3v) is 2.83. The van der Waals surface area contributed by atoms with Gasteiger partial charge in [0.25, 0.3) is 0 Å². The van der Waals surface area contributed by atoms with E-state index in [0.717, 1.165) is 24.5 Å². The fourth-order valence-electron chi connectivity index (χ4n) is 1.28. The van der Waals surface area contributed by atoms with Gasteiger partial charge in [-0.15, -0.1) is 36.2 Å². The third-order valence-electron chi connectivity index (χ3n) is 1.76. The normalized spacial score (nSPS) is 14.0. The van der Waals surface area contributed by atoms with E-state index in [1.165, 1.54) is 10.4 Å². The SMILES string of the molecule is Cl.Cl.Nc1cc2c(s1)CCNC2. The maximum absolute atomic E-state index is 5.65. The average Bonchev–Trinajstić information content (AvgIpc) is 2.27. The molecule has 0 spiro atoms. The number of hydrogen-bond donors (Lipinski definition) is 2. The lowest BCUT2D eigenvalue weighted by molar-refractivity contribution is 0.653. The first-order valence-corrected chi connectivity index (χ1v) is 4.25. The lowest BCUT2D eigenvalue weighted by Gasteiger charge is -2.10. The standard InChI is InChI=1S/C7H10N2S.2ClH/c8-7-3-5-4-9-2-1-6(5)10-7;;/h3,9H,1-2,4,8H2;2*1H. The number of nitrogens with two attached hydrogens (primary N) is 1. The van der Waals surface area contributed by atoms with Gasteiger partial charge in [-0.3, -0.25) is 0 Å². The number of rotatable bonds is 0. The molecular weight excluding hydrogens is 215 g/mol. The lowest BCUT2D eigenvalue weighted by atomic mass is 10.1. The maximum atomic E-state index is 5.65. The minimum absolute atomic E-state index is 0. The van der Waals surface area contributed by atoms with Crippen LogP contribution < -0.4 is 11.1 Å². The van der Waals surface area contributed by atoms with E-state index in [1.807, 2.05) is 0 Å². The molecule has 1 aliphatic rings. The molecule has 5 heteroatoms. The van der Waals surface area contributed by atoms with E-state index in [1.54, 1.807) is 11.3 Å². The van der Waals surface area contributed by atoms with E-state index in [-0.39, 0.29) is 24.8 Å². The highest BCUT2D eigenvalue weighted by atomic mass is 35.5. The van der Waals surface area contributed by atoms with Gasteiger partial charge in [0, 0.05) is 18.0 Å². The molecule has 12 heavy (non-hydrogen) atoms. The molecule has 0 atom stereocenters. The van der Waals surface area contributed by atoms with Crippen LogP contribution in [-0.2, 0) is 13.0 Å². The van der Waals surface area contributed by atoms with Gasteiger partial charge in [-0.25, -0.2) is 0 Å². The minimum Gasteiger partial charge on any atom is -0.391 e. The Morgan fingerprint density at radius 2 is 2.17 bits per heavy atom. The van der Waals surface area contributed by atoms with Crippen molar-refractivity contribution in [3.8, 4) is 0 Å². The molecule has 2 nitrogen and oxygen atoms in total. The third kappa shape index (κ3) is 2.26. The second-order valence-corrected chi connectivity index (χ2v) is 3.69. The first-order chi connectivity index (χ1) is 4.86. The Bertz CT molecular complexity index is 226. The Kier molecular flexibility index (Phi) is 4.94. The summed E-state index contributed by atoms with van der Waals surface area (Å²) in [5, 5.41) is 4.26. The van der Waals surface area contributed by atoms with Crippen molar-refractivity contribution >= 4 is 41.2 Å². The van der Waals surface area contributed by atoms with Crippen LogP contribution >= 0.6 is 36.2 Å². The first-order valence-electron chi connectivity index (χ1n) is 3.44. The van der Waals surface area contributed by atoms with Gasteiger partial charge in [-0.2, -0.15) is 0 Å². The van der Waals surface area contributed by atoms with E-state index < -0.39 is 0 Å². The Hall–Kier alpha value is 0.0400. The molecule has 0 bridgehead atoms. The summed E-state index contributed by atoms with van der Waals surface area (Å²) in [6.45, 7) is 2.11. The van der Waals surface area contributed by atoms with Crippen molar-refractivity contribution in [1.29, 1.82) is 0 Å². The number of halogens is 2. The van der Waals surface area contributed by atoms with Crippen LogP contribution in [0.25, 0.3) is 0 Å². The van der Waals surface area contributed by atoms with E-state index in [2.05, 4.69) is 11.4 Å². The molecule has 70 valence electrons. The fourth-order valence-corrected chi connectivity index (χ4v) is 2.23. The number of anilines is 1. The number of nitrogen functional groups attached to an aromatic ring is 1. The smallest absolute Gasteiger partial charge is 0.0862 e. The molecule has 0 unspecified atom stereocenters. The molecule has 1 aromatic rings. The van der Waals surface area contributed by atoms with E-state index in [4.69, 9.17) is 5.73 Å². The summed E-state index contributed by atoms with van der Waals surface area (Å²) >= 11 is 1.73. The maximum Gasteiger partial charge on any atom is 0.0862 e. The van der Waals surface area contributed by atoms with E-state index in [9.17, 15) is 0 Å². The Morgan fingerprint density at radius 1 is 1.42 bits per heavy atom. The topological polar surface area (TPSA) is 38.0 Å². The molecule has 2 heterocycles. The molecule has 1 aliphatic heterocycles. The van der Waals surface area contributed by atoms with Gasteiger partial charge in [0.2, 0.25) is 0 Å². The molecule has 0 aliphatic carbocycles. The van der Waals surface area contributed by atoms with Crippen LogP contribution in [0.5, 0.6) is 0 Å². The molecular formula is C7H12Cl2N2S. The average molecular weight is 227 g/mol. The summed E-state index contributed by atoms with van der Waals surface area (Å²) < 4.78 is 0. The number of hydrogen-bond acceptors (Lipinski definition) is 3. The quantitative estimate of drug-likeness (QED) is 0.709. The van der Waals surface area contributed by atoms with Crippen LogP contribution in [0.15, 0.2) is 6.07 Å². The van der Waals surface area contributed by atoms with Gasteiger partial charge in [-0.1, -0.05) is 0 Å². The molecule has 0 saturated carbocycles. The van der Waals surface area contributed by atoms with Crippen LogP contribution in [0, 0.1) is 0 Å². The fraction of sp³-hybridized carbons (Fsp3) is 0.429. The van der Waals surface area contributed by atoms with Crippen molar-refractivity contribution in [1.82, 2.24) is 5.32 Å². The van der Waals surface area contributed by atoms with Gasteiger partial charge in [0.15, 0.2) is 0 Å². The number of thiophene rings is 1. The summed E-state index contributed by atoms with van der Waals surface area (Å²) in [6, 6.07) is 2.08. The van der Waals surface area contributed by atoms with Crippen LogP contribution in [0.1, 0.15) is 10.4 Å². The molecule has 0 aromatic carbocycles. The van der Waals surface area contributed by atoms with Crippen molar-refractivity contribution in [2.45, 2.75) is 13.0 Å². The minimum atomic E-state index is 0. The van der Waals surface area contributed by atoms with E-state index in [0.29, 0.717) is 0 Å². The van der Waals surface area contributed by atoms with Gasteiger partial charge in [-0.05, 0) is 18.1 Å². The highest BCUT2D eigenvalue weighted by Gasteiger charge is 2.10. The van der Waals surface area contributed by atoms with Crippen molar-refractivity contribution < 1.29 is 0 Å². The first kappa shape index (κ1) is 12.0. The molecule has 0 saturated heterocycles. The Labute approximate surface area is 88.4 Å². The molecule has 2 rings (SSSR count). The number of fused-ring (bicyclic) bond motifs is 1. The second kappa shape index (κ2) is 4.92.